The summed E-state index contributed by atoms with van der Waals surface area (Å²) < 4.78 is 25.1. The fraction of sp³-hybridized carbons (Fsp3) is 0.267. The number of rotatable bonds is 5. The molecule has 0 unspecified atom stereocenters. The zero-order valence-corrected chi connectivity index (χ0v) is 23.4. The SMILES string of the molecule is COc1ccc2c(Cc3ccc(C(=O)N(C)C)cc3)c3[n+](cc2c1OC)CCc1cc2c(cc1-3)OCO2.[Br-]. The molecule has 0 N–H and O–H groups in total. The number of aryl methyl sites for hydroxylation is 2. The maximum atomic E-state index is 12.4. The van der Waals surface area contributed by atoms with Crippen molar-refractivity contribution in [3.63, 3.8) is 0 Å². The Labute approximate surface area is 232 Å². The molecule has 8 heteroatoms. The Morgan fingerprint density at radius 1 is 0.974 bits per heavy atom. The molecular formula is C30H29BrN2O5. The second-order valence-electron chi connectivity index (χ2n) is 9.60. The summed E-state index contributed by atoms with van der Waals surface area (Å²) in [5.41, 5.74) is 6.54. The second kappa shape index (κ2) is 10.2. The summed E-state index contributed by atoms with van der Waals surface area (Å²) in [6, 6.07) is 16.2. The van der Waals surface area contributed by atoms with Crippen LogP contribution in [0, 0.1) is 0 Å². The van der Waals surface area contributed by atoms with Gasteiger partial charge in [0.05, 0.1) is 25.2 Å². The van der Waals surface area contributed by atoms with E-state index in [0.717, 1.165) is 57.8 Å². The van der Waals surface area contributed by atoms with Crippen LogP contribution in [0.3, 0.4) is 0 Å². The highest BCUT2D eigenvalue weighted by Crippen LogP contribution is 2.44. The lowest BCUT2D eigenvalue weighted by Crippen LogP contribution is -3.00. The molecule has 6 rings (SSSR count). The number of ether oxygens (including phenoxy) is 4. The zero-order chi connectivity index (χ0) is 25.7. The maximum absolute atomic E-state index is 12.4. The molecule has 38 heavy (non-hydrogen) atoms. The van der Waals surface area contributed by atoms with E-state index in [1.807, 2.05) is 30.3 Å². The molecule has 0 saturated heterocycles. The van der Waals surface area contributed by atoms with Crippen LogP contribution in [0.2, 0.25) is 0 Å². The molecule has 0 aliphatic carbocycles. The Hall–Kier alpha value is -3.78. The summed E-state index contributed by atoms with van der Waals surface area (Å²) in [6.45, 7) is 1.08. The molecule has 0 atom stereocenters. The van der Waals surface area contributed by atoms with Crippen LogP contribution in [0.4, 0.5) is 0 Å². The molecule has 2 aliphatic heterocycles. The van der Waals surface area contributed by atoms with Gasteiger partial charge in [0.1, 0.15) is 0 Å². The predicted octanol–water partition coefficient (Wildman–Crippen LogP) is 1.39. The first-order valence-electron chi connectivity index (χ1n) is 12.3. The van der Waals surface area contributed by atoms with Crippen LogP contribution in [-0.2, 0) is 19.4 Å². The minimum atomic E-state index is -0.00789. The van der Waals surface area contributed by atoms with Crippen molar-refractivity contribution in [2.24, 2.45) is 0 Å². The second-order valence-corrected chi connectivity index (χ2v) is 9.60. The fourth-order valence-electron chi connectivity index (χ4n) is 5.42. The van der Waals surface area contributed by atoms with E-state index in [1.165, 1.54) is 11.1 Å². The van der Waals surface area contributed by atoms with E-state index in [0.29, 0.717) is 17.7 Å². The van der Waals surface area contributed by atoms with Gasteiger partial charge in [0.25, 0.3) is 5.91 Å². The number of amides is 1. The van der Waals surface area contributed by atoms with Crippen LogP contribution in [0.1, 0.15) is 27.0 Å². The van der Waals surface area contributed by atoms with Crippen molar-refractivity contribution < 1.29 is 45.3 Å². The number of methoxy groups -OCH3 is 2. The number of benzene rings is 3. The Bertz CT molecular complexity index is 1550. The van der Waals surface area contributed by atoms with Crippen molar-refractivity contribution in [3.05, 3.63) is 77.0 Å². The van der Waals surface area contributed by atoms with Gasteiger partial charge in [0, 0.05) is 43.5 Å². The fourth-order valence-corrected chi connectivity index (χ4v) is 5.42. The van der Waals surface area contributed by atoms with Gasteiger partial charge in [-0.15, -0.1) is 0 Å². The van der Waals surface area contributed by atoms with E-state index < -0.39 is 0 Å². The number of nitrogens with zero attached hydrogens (tertiary/aromatic N) is 2. The van der Waals surface area contributed by atoms with Crippen LogP contribution >= 0.6 is 0 Å². The molecule has 1 amide bonds. The van der Waals surface area contributed by atoms with Crippen molar-refractivity contribution in [1.29, 1.82) is 0 Å². The number of halogens is 1. The Balaban J connectivity index is 0.00000294. The standard InChI is InChI=1S/C30H29N2O5.BrH/c1-31(2)30(33)19-7-5-18(6-8-19)13-23-21-9-10-25(34-3)29(35-4)24(21)16-32-12-11-20-14-26-27(37-17-36-26)15-22(20)28(23)32;/h5-10,14-16H,11-13,17H2,1-4H3;1H/q+1;/p-1. The van der Waals surface area contributed by atoms with E-state index >= 15 is 0 Å². The summed E-state index contributed by atoms with van der Waals surface area (Å²) in [7, 11) is 6.87. The lowest BCUT2D eigenvalue weighted by atomic mass is 9.88. The van der Waals surface area contributed by atoms with Crippen molar-refractivity contribution in [2.75, 3.05) is 35.1 Å². The molecule has 3 aromatic carbocycles. The van der Waals surface area contributed by atoms with Crippen LogP contribution in [-0.4, -0.2) is 45.9 Å². The monoisotopic (exact) mass is 576 g/mol. The van der Waals surface area contributed by atoms with Crippen LogP contribution in [0.15, 0.2) is 54.7 Å². The molecule has 7 nitrogen and oxygen atoms in total. The third kappa shape index (κ3) is 4.22. The molecule has 3 heterocycles. The zero-order valence-electron chi connectivity index (χ0n) is 21.8. The van der Waals surface area contributed by atoms with Gasteiger partial charge in [-0.2, -0.15) is 4.57 Å². The minimum Gasteiger partial charge on any atom is -1.00 e. The van der Waals surface area contributed by atoms with Gasteiger partial charge < -0.3 is 40.8 Å². The molecule has 0 spiro atoms. The molecule has 0 radical (unpaired) electrons. The average Bonchev–Trinajstić information content (AvgIpc) is 3.38. The summed E-state index contributed by atoms with van der Waals surface area (Å²) in [5, 5.41) is 2.10. The van der Waals surface area contributed by atoms with Crippen molar-refractivity contribution >= 4 is 16.7 Å². The lowest BCUT2D eigenvalue weighted by molar-refractivity contribution is -0.686. The number of aromatic nitrogens is 1. The summed E-state index contributed by atoms with van der Waals surface area (Å²) in [5.74, 6) is 3.00. The first-order chi connectivity index (χ1) is 18.0. The number of carbonyl (C=O) groups is 1. The van der Waals surface area contributed by atoms with Gasteiger partial charge >= 0.3 is 0 Å². The van der Waals surface area contributed by atoms with Gasteiger partial charge in [-0.05, 0) is 47.5 Å². The highest BCUT2D eigenvalue weighted by atomic mass is 79.9. The Morgan fingerprint density at radius 3 is 2.39 bits per heavy atom. The first kappa shape index (κ1) is 25.9. The third-order valence-electron chi connectivity index (χ3n) is 7.23. The molecule has 0 saturated carbocycles. The molecule has 4 aromatic rings. The van der Waals surface area contributed by atoms with Crippen LogP contribution < -0.4 is 40.5 Å². The minimum absolute atomic E-state index is 0. The van der Waals surface area contributed by atoms with Gasteiger partial charge in [0.15, 0.2) is 35.7 Å². The molecular weight excluding hydrogens is 548 g/mol. The Morgan fingerprint density at radius 2 is 1.71 bits per heavy atom. The van der Waals surface area contributed by atoms with Crippen molar-refractivity contribution in [2.45, 2.75) is 19.4 Å². The van der Waals surface area contributed by atoms with E-state index in [1.54, 1.807) is 33.2 Å². The topological polar surface area (TPSA) is 61.1 Å². The number of fused-ring (bicyclic) bond motifs is 5. The lowest BCUT2D eigenvalue weighted by Gasteiger charge is -2.21. The number of hydrogen-bond donors (Lipinski definition) is 0. The molecule has 0 bridgehead atoms. The van der Waals surface area contributed by atoms with Gasteiger partial charge in [0.2, 0.25) is 12.5 Å². The van der Waals surface area contributed by atoms with E-state index in [4.69, 9.17) is 18.9 Å². The summed E-state index contributed by atoms with van der Waals surface area (Å²) >= 11 is 0. The van der Waals surface area contributed by atoms with E-state index in [-0.39, 0.29) is 29.7 Å². The number of carbonyl (C=O) groups excluding carboxylic acids is 1. The highest BCUT2D eigenvalue weighted by Gasteiger charge is 2.32. The third-order valence-corrected chi connectivity index (χ3v) is 7.23. The highest BCUT2D eigenvalue weighted by molar-refractivity contribution is 5.96. The normalized spacial score (nSPS) is 12.8. The molecule has 0 fully saturated rings. The van der Waals surface area contributed by atoms with Gasteiger partial charge in [-0.25, -0.2) is 0 Å². The molecule has 1 aromatic heterocycles. The van der Waals surface area contributed by atoms with E-state index in [2.05, 4.69) is 29.0 Å². The smallest absolute Gasteiger partial charge is 0.253 e. The average molecular weight is 577 g/mol. The first-order valence-corrected chi connectivity index (χ1v) is 12.3. The summed E-state index contributed by atoms with van der Waals surface area (Å²) in [4.78, 5) is 14.0. The van der Waals surface area contributed by atoms with Gasteiger partial charge in [-0.3, -0.25) is 4.79 Å². The number of pyridine rings is 1. The maximum Gasteiger partial charge on any atom is 0.253 e. The van der Waals surface area contributed by atoms with Gasteiger partial charge in [-0.1, -0.05) is 12.1 Å². The van der Waals surface area contributed by atoms with Crippen molar-refractivity contribution in [3.8, 4) is 34.3 Å². The molecule has 196 valence electrons. The predicted molar refractivity (Wildman–Crippen MR) is 140 cm³/mol. The quantitative estimate of drug-likeness (QED) is 0.336. The van der Waals surface area contributed by atoms with Crippen molar-refractivity contribution in [1.82, 2.24) is 4.90 Å². The van der Waals surface area contributed by atoms with E-state index in [9.17, 15) is 4.79 Å². The number of hydrogen-bond acceptors (Lipinski definition) is 5. The molecule has 2 aliphatic rings. The largest absolute Gasteiger partial charge is 1.00 e. The van der Waals surface area contributed by atoms with Crippen LogP contribution in [0.5, 0.6) is 23.0 Å². The Kier molecular flexibility index (Phi) is 6.92. The summed E-state index contributed by atoms with van der Waals surface area (Å²) in [6.07, 6.45) is 3.75. The van der Waals surface area contributed by atoms with Crippen LogP contribution in [0.25, 0.3) is 22.0 Å².